The first-order valence-electron chi connectivity index (χ1n) is 0. The summed E-state index contributed by atoms with van der Waals surface area (Å²) in [6.45, 7) is 0. The van der Waals surface area contributed by atoms with Gasteiger partial charge in [-0.3, -0.25) is 0 Å². The van der Waals surface area contributed by atoms with E-state index in [1.54, 1.807) is 0 Å². The van der Waals surface area contributed by atoms with Crippen molar-refractivity contribution in [3.8, 4) is 0 Å². The fraction of sp³-hybridized carbons (Fsp3) is 0. The second kappa shape index (κ2) is 24.9. The minimum absolute atomic E-state index is 0. The van der Waals surface area contributed by atoms with Gasteiger partial charge in [-0.1, -0.05) is 0 Å². The van der Waals surface area contributed by atoms with Crippen molar-refractivity contribution < 1.29 is 53.3 Å². The fourth-order valence-corrected chi connectivity index (χ4v) is 0. The molecule has 8 radical (unpaired) electrons. The van der Waals surface area contributed by atoms with Crippen LogP contribution in [-0.4, -0.2) is 65.0 Å². The van der Waals surface area contributed by atoms with E-state index in [0.29, 0.717) is 0 Å². The van der Waals surface area contributed by atoms with Gasteiger partial charge in [-0.2, -0.15) is 0 Å². The number of hydrogen-bond donors (Lipinski definition) is 0. The predicted molar refractivity (Wildman–Crippen MR) is 11.5 cm³/mol. The van der Waals surface area contributed by atoms with Gasteiger partial charge in [0.1, 0.15) is 0 Å². The number of hydrogen-bond acceptors (Lipinski definition) is 0. The zero-order chi connectivity index (χ0) is 0. The molecule has 0 saturated carbocycles. The van der Waals surface area contributed by atoms with Crippen LogP contribution in [0.2, 0.25) is 0 Å². The third kappa shape index (κ3) is 18.1. The molecule has 5 heteroatoms. The van der Waals surface area contributed by atoms with Crippen molar-refractivity contribution in [3.05, 3.63) is 0 Å². The average Bonchev–Trinajstić information content (AvgIpc) is 0. The van der Waals surface area contributed by atoms with Crippen LogP contribution in [0.4, 0.5) is 0 Å². The molecule has 0 bridgehead atoms. The maximum absolute atomic E-state index is 0. The molecule has 0 spiro atoms. The van der Waals surface area contributed by atoms with Gasteiger partial charge in [0.05, 0.1) is 0 Å². The van der Waals surface area contributed by atoms with Crippen molar-refractivity contribution in [3.63, 3.8) is 0 Å². The minimum Gasteiger partial charge on any atom is 0 e. The van der Waals surface area contributed by atoms with Crippen LogP contribution in [0.1, 0.15) is 0 Å². The smallest absolute Gasteiger partial charge is 0 e. The van der Waals surface area contributed by atoms with Crippen LogP contribution in [0, 0.1) is 0 Å². The van der Waals surface area contributed by atoms with E-state index >= 15 is 0 Å². The molecule has 0 amide bonds. The summed E-state index contributed by atoms with van der Waals surface area (Å²) in [7, 11) is 0. The molecule has 0 aromatic rings. The molecular weight excluding hydrogens is 427 g/mol. The second-order valence-corrected chi connectivity index (χ2v) is 0. The van der Waals surface area contributed by atoms with Crippen LogP contribution >= 0.6 is 0 Å². The van der Waals surface area contributed by atoms with Gasteiger partial charge in [0.2, 0.25) is 0 Å². The largest absolute Gasteiger partial charge is 0 e. The molecule has 5 heavy (non-hydrogen) atoms. The van der Waals surface area contributed by atoms with Crippen molar-refractivity contribution in [2.75, 3.05) is 0 Å². The Morgan fingerprint density at radius 3 is 1.00 bits per heavy atom. The molecule has 0 N–H and O–H groups in total. The fourth-order valence-electron chi connectivity index (χ4n) is 0. The van der Waals surface area contributed by atoms with Crippen molar-refractivity contribution in [1.29, 1.82) is 0 Å². The quantitative estimate of drug-likeness (QED) is 0.447. The van der Waals surface area contributed by atoms with Gasteiger partial charge in [-0.15, -0.1) is 0 Å². The second-order valence-electron chi connectivity index (χ2n) is 0. The van der Waals surface area contributed by atoms with Crippen LogP contribution in [-0.2, 0) is 53.3 Å². The molecule has 0 rings (SSSR count). The summed E-state index contributed by atoms with van der Waals surface area (Å²) in [6.07, 6.45) is 0. The summed E-state index contributed by atoms with van der Waals surface area (Å²) in [4.78, 5) is 0. The van der Waals surface area contributed by atoms with E-state index < -0.39 is 0 Å². The first-order valence-corrected chi connectivity index (χ1v) is 0. The van der Waals surface area contributed by atoms with Gasteiger partial charge in [-0.05, 0) is 0 Å². The van der Waals surface area contributed by atoms with Gasteiger partial charge in [-0.25, -0.2) is 0 Å². The van der Waals surface area contributed by atoms with E-state index in [4.69, 9.17) is 0 Å². The normalized spacial score (nSPS) is 0. The van der Waals surface area contributed by atoms with Crippen LogP contribution in [0.5, 0.6) is 0 Å². The third-order valence-electron chi connectivity index (χ3n) is 0. The summed E-state index contributed by atoms with van der Waals surface area (Å²) in [5, 5.41) is 0. The molecule has 0 aliphatic heterocycles. The van der Waals surface area contributed by atoms with E-state index in [0.717, 1.165) is 0 Å². The van der Waals surface area contributed by atoms with Crippen molar-refractivity contribution >= 4 is 65.0 Å². The van der Waals surface area contributed by atoms with Crippen molar-refractivity contribution in [2.24, 2.45) is 0 Å². The van der Waals surface area contributed by atoms with Crippen LogP contribution in [0.3, 0.4) is 0 Å². The summed E-state index contributed by atoms with van der Waals surface area (Å²) < 4.78 is 0. The molecule has 0 fully saturated rings. The Hall–Kier alpha value is 3.83. The third-order valence-corrected chi connectivity index (χ3v) is 0. The molecule has 0 aromatic carbocycles. The molecule has 0 aromatic heterocycles. The van der Waals surface area contributed by atoms with Crippen LogP contribution in [0.15, 0.2) is 0 Å². The van der Waals surface area contributed by atoms with Gasteiger partial charge < -0.3 is 0 Å². The zero-order valence-electron chi connectivity index (χ0n) is 2.63. The van der Waals surface area contributed by atoms with Gasteiger partial charge in [0.15, 0.2) is 0 Å². The van der Waals surface area contributed by atoms with Crippen molar-refractivity contribution in [2.45, 2.75) is 0 Å². The van der Waals surface area contributed by atoms with E-state index in [9.17, 15) is 0 Å². The van der Waals surface area contributed by atoms with Crippen molar-refractivity contribution in [1.82, 2.24) is 0 Å². The zero-order valence-corrected chi connectivity index (χ0v) is 13.9. The van der Waals surface area contributed by atoms with Crippen LogP contribution < -0.4 is 0 Å². The summed E-state index contributed by atoms with van der Waals surface area (Å²) in [5.41, 5.74) is 0. The Labute approximate surface area is 116 Å². The first-order chi connectivity index (χ1) is 0. The monoisotopic (exact) mass is 426 g/mol. The SMILES string of the molecule is [Ca].[Co].[Mn].[Pb].[Zn]. The summed E-state index contributed by atoms with van der Waals surface area (Å²) in [5.74, 6) is 0. The Bertz CT molecular complexity index is 11.6. The minimum atomic E-state index is 0. The van der Waals surface area contributed by atoms with Gasteiger partial charge in [0.25, 0.3) is 0 Å². The molecule has 0 aliphatic rings. The summed E-state index contributed by atoms with van der Waals surface area (Å²) in [6, 6.07) is 0. The average molecular weight is 427 g/mol. The topological polar surface area (TPSA) is 0 Å². The van der Waals surface area contributed by atoms with Crippen LogP contribution in [0.25, 0.3) is 0 Å². The molecule has 24 valence electrons. The maximum Gasteiger partial charge on any atom is 0 e. The molecule has 0 saturated heterocycles. The van der Waals surface area contributed by atoms with E-state index in [1.165, 1.54) is 0 Å². The Kier molecular flexibility index (Phi) is 184. The van der Waals surface area contributed by atoms with Gasteiger partial charge in [0, 0.05) is 118 Å². The standard InChI is InChI=1S/Ca.Co.Mn.Pb.Zn. The molecular formula is CaCoMnPbZn. The first kappa shape index (κ1) is 36.9. The molecule has 0 unspecified atom stereocenters. The number of rotatable bonds is 0. The summed E-state index contributed by atoms with van der Waals surface area (Å²) >= 11 is 0. The molecule has 0 nitrogen and oxygen atoms in total. The van der Waals surface area contributed by atoms with E-state index in [2.05, 4.69) is 0 Å². The molecule has 0 aliphatic carbocycles. The molecule has 0 atom stereocenters. The Morgan fingerprint density at radius 2 is 1.00 bits per heavy atom. The molecule has 0 heterocycles. The van der Waals surface area contributed by atoms with E-state index in [-0.39, 0.29) is 118 Å². The predicted octanol–water partition coefficient (Wildman–Crippen LogP) is -0.769. The Morgan fingerprint density at radius 1 is 1.00 bits per heavy atom. The Balaban J connectivity index is 0. The van der Waals surface area contributed by atoms with E-state index in [1.807, 2.05) is 0 Å². The van der Waals surface area contributed by atoms with Gasteiger partial charge >= 0.3 is 0 Å². The maximum atomic E-state index is 0.